The molecule has 4 rings (SSSR count). The molecule has 8 heteroatoms. The Morgan fingerprint density at radius 2 is 2.14 bits per heavy atom. The van der Waals surface area contributed by atoms with Crippen molar-refractivity contribution in [2.75, 3.05) is 31.2 Å². The zero-order valence-electron chi connectivity index (χ0n) is 15.2. The van der Waals surface area contributed by atoms with Crippen molar-refractivity contribution in [2.24, 2.45) is 0 Å². The van der Waals surface area contributed by atoms with Crippen molar-refractivity contribution in [3.8, 4) is 11.6 Å². The number of benzene rings is 1. The lowest BCUT2D eigenvalue weighted by atomic mass is 10.1. The summed E-state index contributed by atoms with van der Waals surface area (Å²) in [5, 5.41) is 9.69. The molecule has 28 heavy (non-hydrogen) atoms. The number of aromatic hydroxyl groups is 1. The number of hydrogen-bond donors (Lipinski definition) is 2. The number of morpholine rings is 1. The number of aromatic amines is 1. The van der Waals surface area contributed by atoms with Crippen LogP contribution in [0.2, 0.25) is 0 Å². The second kappa shape index (κ2) is 8.45. The lowest BCUT2D eigenvalue weighted by Gasteiger charge is -2.33. The highest BCUT2D eigenvalue weighted by Crippen LogP contribution is 2.22. The highest BCUT2D eigenvalue weighted by atomic mass is 32.1. The third-order valence-corrected chi connectivity index (χ3v) is 5.41. The van der Waals surface area contributed by atoms with Gasteiger partial charge in [0.15, 0.2) is 0 Å². The van der Waals surface area contributed by atoms with Gasteiger partial charge in [-0.05, 0) is 29.8 Å². The van der Waals surface area contributed by atoms with Gasteiger partial charge in [-0.25, -0.2) is 4.98 Å². The number of nitrogens with zero attached hydrogens (tertiary/aromatic N) is 2. The molecule has 0 amide bonds. The summed E-state index contributed by atoms with van der Waals surface area (Å²) < 4.78 is 11.7. The topological polar surface area (TPSA) is 87.7 Å². The van der Waals surface area contributed by atoms with Crippen molar-refractivity contribution in [2.45, 2.75) is 12.5 Å². The maximum Gasteiger partial charge on any atom is 0.307 e. The van der Waals surface area contributed by atoms with Gasteiger partial charge in [-0.1, -0.05) is 29.5 Å². The van der Waals surface area contributed by atoms with E-state index in [9.17, 15) is 9.90 Å². The van der Waals surface area contributed by atoms with Crippen LogP contribution in [0, 0.1) is 0 Å². The predicted molar refractivity (Wildman–Crippen MR) is 108 cm³/mol. The van der Waals surface area contributed by atoms with E-state index in [-0.39, 0.29) is 16.9 Å². The van der Waals surface area contributed by atoms with Gasteiger partial charge >= 0.3 is 4.87 Å². The first-order valence-electron chi connectivity index (χ1n) is 9.07. The minimum Gasteiger partial charge on any atom is -0.494 e. The van der Waals surface area contributed by atoms with Crippen LogP contribution in [-0.2, 0) is 11.2 Å². The van der Waals surface area contributed by atoms with Crippen molar-refractivity contribution in [1.82, 2.24) is 9.97 Å². The smallest absolute Gasteiger partial charge is 0.307 e. The van der Waals surface area contributed by atoms with E-state index in [1.165, 1.54) is 0 Å². The second-order valence-electron chi connectivity index (χ2n) is 6.54. The normalized spacial score (nSPS) is 16.9. The van der Waals surface area contributed by atoms with Crippen LogP contribution in [-0.4, -0.2) is 47.5 Å². The summed E-state index contributed by atoms with van der Waals surface area (Å²) in [6.07, 6.45) is 2.27. The molecule has 3 aromatic rings. The Kier molecular flexibility index (Phi) is 5.59. The largest absolute Gasteiger partial charge is 0.494 e. The van der Waals surface area contributed by atoms with Crippen LogP contribution in [0.3, 0.4) is 0 Å². The van der Waals surface area contributed by atoms with Gasteiger partial charge in [0.1, 0.15) is 24.3 Å². The number of thiazole rings is 1. The molecule has 0 unspecified atom stereocenters. The van der Waals surface area contributed by atoms with E-state index < -0.39 is 0 Å². The third kappa shape index (κ3) is 4.52. The Bertz CT molecular complexity index is 956. The minimum atomic E-state index is -0.250. The fraction of sp³-hybridized carbons (Fsp3) is 0.300. The summed E-state index contributed by atoms with van der Waals surface area (Å²) in [6.45, 7) is 2.66. The van der Waals surface area contributed by atoms with Gasteiger partial charge < -0.3 is 19.5 Å². The molecule has 1 aliphatic rings. The van der Waals surface area contributed by atoms with Gasteiger partial charge in [-0.15, -0.1) is 0 Å². The van der Waals surface area contributed by atoms with E-state index in [1.54, 1.807) is 6.20 Å². The summed E-state index contributed by atoms with van der Waals surface area (Å²) in [7, 11) is 0. The van der Waals surface area contributed by atoms with Crippen LogP contribution >= 0.6 is 11.3 Å². The van der Waals surface area contributed by atoms with Crippen LogP contribution in [0.15, 0.2) is 53.5 Å². The molecule has 0 bridgehead atoms. The number of pyridine rings is 1. The zero-order valence-corrected chi connectivity index (χ0v) is 16.0. The van der Waals surface area contributed by atoms with E-state index in [2.05, 4.69) is 14.9 Å². The van der Waals surface area contributed by atoms with E-state index in [0.717, 1.165) is 41.6 Å². The van der Waals surface area contributed by atoms with Crippen molar-refractivity contribution in [3.05, 3.63) is 68.8 Å². The minimum absolute atomic E-state index is 0.0236. The van der Waals surface area contributed by atoms with Gasteiger partial charge in [0.2, 0.25) is 5.88 Å². The van der Waals surface area contributed by atoms with Crippen molar-refractivity contribution < 1.29 is 14.6 Å². The first-order chi connectivity index (χ1) is 13.7. The highest BCUT2D eigenvalue weighted by molar-refractivity contribution is 7.09. The number of aromatic nitrogens is 2. The average molecular weight is 399 g/mol. The molecule has 1 aliphatic heterocycles. The van der Waals surface area contributed by atoms with E-state index >= 15 is 0 Å². The summed E-state index contributed by atoms with van der Waals surface area (Å²) in [5.41, 5.74) is 0.994. The summed E-state index contributed by atoms with van der Waals surface area (Å²) in [6, 6.07) is 13.5. The standard InChI is InChI=1S/C20H21N3O4S/c24-19-17(28-20(25)22-19)11-14-4-6-15(7-5-14)27-13-16-12-23(9-10-26-16)18-3-1-2-8-21-18/h1-8,16,24H,9-13H2,(H,22,25)/t16-/m0/s1. The van der Waals surface area contributed by atoms with Crippen LogP contribution in [0.25, 0.3) is 0 Å². The Balaban J connectivity index is 1.31. The van der Waals surface area contributed by atoms with Gasteiger partial charge in [0.25, 0.3) is 0 Å². The Morgan fingerprint density at radius 1 is 1.29 bits per heavy atom. The molecule has 1 saturated heterocycles. The molecular formula is C20H21N3O4S. The van der Waals surface area contributed by atoms with Gasteiger partial charge in [0.05, 0.1) is 11.5 Å². The zero-order chi connectivity index (χ0) is 19.3. The molecule has 7 nitrogen and oxygen atoms in total. The van der Waals surface area contributed by atoms with Crippen LogP contribution in [0.4, 0.5) is 5.82 Å². The Morgan fingerprint density at radius 3 is 2.86 bits per heavy atom. The second-order valence-corrected chi connectivity index (χ2v) is 7.61. The van der Waals surface area contributed by atoms with Crippen LogP contribution in [0.1, 0.15) is 10.4 Å². The molecule has 146 valence electrons. The maximum absolute atomic E-state index is 11.3. The first kappa shape index (κ1) is 18.5. The van der Waals surface area contributed by atoms with Gasteiger partial charge in [0, 0.05) is 25.7 Å². The SMILES string of the molecule is O=c1[nH]c(O)c(Cc2ccc(OC[C@@H]3CN(c4ccccn4)CCO3)cc2)s1. The Hall–Kier alpha value is -2.84. The number of nitrogens with one attached hydrogen (secondary N) is 1. The number of rotatable bonds is 6. The Labute approximate surface area is 166 Å². The highest BCUT2D eigenvalue weighted by Gasteiger charge is 2.22. The van der Waals surface area contributed by atoms with E-state index in [4.69, 9.17) is 9.47 Å². The van der Waals surface area contributed by atoms with Crippen molar-refractivity contribution >= 4 is 17.2 Å². The lowest BCUT2D eigenvalue weighted by molar-refractivity contribution is 0.0100. The molecule has 3 heterocycles. The lowest BCUT2D eigenvalue weighted by Crippen LogP contribution is -2.45. The van der Waals surface area contributed by atoms with E-state index in [0.29, 0.717) is 24.5 Å². The van der Waals surface area contributed by atoms with Crippen molar-refractivity contribution in [3.63, 3.8) is 0 Å². The molecule has 0 saturated carbocycles. The van der Waals surface area contributed by atoms with Crippen LogP contribution in [0.5, 0.6) is 11.6 Å². The summed E-state index contributed by atoms with van der Waals surface area (Å²) in [5.74, 6) is 1.66. The number of hydrogen-bond acceptors (Lipinski definition) is 7. The molecule has 1 atom stereocenters. The van der Waals surface area contributed by atoms with Crippen LogP contribution < -0.4 is 14.5 Å². The number of anilines is 1. The molecular weight excluding hydrogens is 378 g/mol. The van der Waals surface area contributed by atoms with Gasteiger partial charge in [-0.3, -0.25) is 9.78 Å². The molecule has 0 spiro atoms. The maximum atomic E-state index is 11.3. The molecule has 1 fully saturated rings. The molecule has 2 aromatic heterocycles. The quantitative estimate of drug-likeness (QED) is 0.662. The predicted octanol–water partition coefficient (Wildman–Crippen LogP) is 2.41. The fourth-order valence-corrected chi connectivity index (χ4v) is 3.88. The van der Waals surface area contributed by atoms with E-state index in [1.807, 2.05) is 42.5 Å². The van der Waals surface area contributed by atoms with Crippen molar-refractivity contribution in [1.29, 1.82) is 0 Å². The first-order valence-corrected chi connectivity index (χ1v) is 9.89. The number of H-pyrrole nitrogens is 1. The molecule has 0 radical (unpaired) electrons. The molecule has 1 aromatic carbocycles. The molecule has 2 N–H and O–H groups in total. The summed E-state index contributed by atoms with van der Waals surface area (Å²) >= 11 is 1.02. The number of ether oxygens (including phenoxy) is 2. The average Bonchev–Trinajstić information content (AvgIpc) is 3.05. The van der Waals surface area contributed by atoms with Gasteiger partial charge in [-0.2, -0.15) is 0 Å². The molecule has 0 aliphatic carbocycles. The monoisotopic (exact) mass is 399 g/mol. The fourth-order valence-electron chi connectivity index (χ4n) is 3.12. The third-order valence-electron chi connectivity index (χ3n) is 4.54. The summed E-state index contributed by atoms with van der Waals surface area (Å²) in [4.78, 5) is 20.6.